The molecule has 0 unspecified atom stereocenters. The standard InChI is InChI=1S/C26H29N5O2/c1-2-3-15-33-25-16-23(22-7-5-4-6-8-22)9-10-24(25)20-29-11-13-30(14-12-29)26(32)31-19-21(17-27)18-28-31/h4-10,16,18-19H,2-3,11-15,20H2,1H3. The predicted molar refractivity (Wildman–Crippen MR) is 127 cm³/mol. The molecule has 2 heterocycles. The largest absolute Gasteiger partial charge is 0.493 e. The van der Waals surface area contributed by atoms with E-state index in [4.69, 9.17) is 10.00 Å². The zero-order valence-electron chi connectivity index (χ0n) is 19.0. The molecule has 1 aliphatic rings. The molecule has 0 spiro atoms. The van der Waals surface area contributed by atoms with Crippen molar-refractivity contribution in [3.63, 3.8) is 0 Å². The van der Waals surface area contributed by atoms with Crippen LogP contribution in [-0.4, -0.2) is 58.4 Å². The van der Waals surface area contributed by atoms with Gasteiger partial charge in [0.25, 0.3) is 0 Å². The van der Waals surface area contributed by atoms with E-state index >= 15 is 0 Å². The molecule has 33 heavy (non-hydrogen) atoms. The van der Waals surface area contributed by atoms with Gasteiger partial charge in [-0.1, -0.05) is 55.8 Å². The van der Waals surface area contributed by atoms with Gasteiger partial charge in [0.2, 0.25) is 0 Å². The van der Waals surface area contributed by atoms with Crippen molar-refractivity contribution >= 4 is 6.03 Å². The number of benzene rings is 2. The van der Waals surface area contributed by atoms with E-state index in [1.807, 2.05) is 24.3 Å². The summed E-state index contributed by atoms with van der Waals surface area (Å²) in [5.74, 6) is 0.934. The lowest BCUT2D eigenvalue weighted by atomic mass is 10.0. The number of carbonyl (C=O) groups excluding carboxylic acids is 1. The van der Waals surface area contributed by atoms with E-state index in [2.05, 4.69) is 47.3 Å². The molecule has 0 aliphatic carbocycles. The van der Waals surface area contributed by atoms with Crippen molar-refractivity contribution in [2.24, 2.45) is 0 Å². The monoisotopic (exact) mass is 443 g/mol. The molecule has 170 valence electrons. The summed E-state index contributed by atoms with van der Waals surface area (Å²) in [5.41, 5.74) is 3.87. The molecule has 1 aromatic heterocycles. The first kappa shape index (κ1) is 22.6. The van der Waals surface area contributed by atoms with Crippen LogP contribution in [0.5, 0.6) is 5.75 Å². The molecule has 7 nitrogen and oxygen atoms in total. The Balaban J connectivity index is 1.41. The third kappa shape index (κ3) is 5.60. The van der Waals surface area contributed by atoms with Crippen molar-refractivity contribution in [1.82, 2.24) is 19.6 Å². The molecule has 0 saturated carbocycles. The average Bonchev–Trinajstić information content (AvgIpc) is 3.35. The van der Waals surface area contributed by atoms with Crippen LogP contribution in [-0.2, 0) is 6.54 Å². The van der Waals surface area contributed by atoms with Crippen molar-refractivity contribution in [2.45, 2.75) is 26.3 Å². The third-order valence-corrected chi connectivity index (χ3v) is 5.87. The zero-order valence-corrected chi connectivity index (χ0v) is 19.0. The van der Waals surface area contributed by atoms with Gasteiger partial charge in [-0.25, -0.2) is 4.79 Å². The molecule has 1 saturated heterocycles. The van der Waals surface area contributed by atoms with Gasteiger partial charge in [-0.3, -0.25) is 4.90 Å². The minimum absolute atomic E-state index is 0.188. The number of nitrogens with zero attached hydrogens (tertiary/aromatic N) is 5. The van der Waals surface area contributed by atoms with Crippen LogP contribution in [0.4, 0.5) is 4.79 Å². The van der Waals surface area contributed by atoms with Gasteiger partial charge in [0.1, 0.15) is 11.8 Å². The summed E-state index contributed by atoms with van der Waals surface area (Å²) in [7, 11) is 0. The summed E-state index contributed by atoms with van der Waals surface area (Å²) in [6, 6.07) is 18.6. The number of aromatic nitrogens is 2. The molecule has 0 N–H and O–H groups in total. The summed E-state index contributed by atoms with van der Waals surface area (Å²) in [4.78, 5) is 16.8. The summed E-state index contributed by atoms with van der Waals surface area (Å²) in [5, 5.41) is 12.9. The van der Waals surface area contributed by atoms with Gasteiger partial charge in [-0.2, -0.15) is 15.0 Å². The highest BCUT2D eigenvalue weighted by atomic mass is 16.5. The molecular weight excluding hydrogens is 414 g/mol. The SMILES string of the molecule is CCCCOc1cc(-c2ccccc2)ccc1CN1CCN(C(=O)n2cc(C#N)cn2)CC1. The average molecular weight is 444 g/mol. The summed E-state index contributed by atoms with van der Waals surface area (Å²) in [6.07, 6.45) is 5.00. The summed E-state index contributed by atoms with van der Waals surface area (Å²) < 4.78 is 7.43. The summed E-state index contributed by atoms with van der Waals surface area (Å²) in [6.45, 7) is 6.43. The Hall–Kier alpha value is -3.63. The smallest absolute Gasteiger partial charge is 0.344 e. The number of rotatable bonds is 7. The van der Waals surface area contributed by atoms with Crippen molar-refractivity contribution in [2.75, 3.05) is 32.8 Å². The van der Waals surface area contributed by atoms with Crippen LogP contribution in [0.3, 0.4) is 0 Å². The maximum atomic E-state index is 12.6. The normalized spacial score (nSPS) is 14.1. The van der Waals surface area contributed by atoms with E-state index < -0.39 is 0 Å². The topological polar surface area (TPSA) is 74.4 Å². The van der Waals surface area contributed by atoms with Gasteiger partial charge in [0.05, 0.1) is 24.6 Å². The van der Waals surface area contributed by atoms with Crippen LogP contribution in [0.25, 0.3) is 11.1 Å². The van der Waals surface area contributed by atoms with E-state index in [0.717, 1.165) is 49.4 Å². The molecule has 3 aromatic rings. The van der Waals surface area contributed by atoms with Gasteiger partial charge in [-0.15, -0.1) is 0 Å². The van der Waals surface area contributed by atoms with Crippen molar-refractivity contribution in [1.29, 1.82) is 5.26 Å². The number of hydrogen-bond donors (Lipinski definition) is 0. The maximum absolute atomic E-state index is 12.6. The van der Waals surface area contributed by atoms with Gasteiger partial charge in [0.15, 0.2) is 0 Å². The number of amides is 1. The fraction of sp³-hybridized carbons (Fsp3) is 0.346. The first-order chi connectivity index (χ1) is 16.2. The highest BCUT2D eigenvalue weighted by Gasteiger charge is 2.23. The molecule has 7 heteroatoms. The highest BCUT2D eigenvalue weighted by molar-refractivity contribution is 5.76. The van der Waals surface area contributed by atoms with Crippen LogP contribution >= 0.6 is 0 Å². The molecule has 4 rings (SSSR count). The van der Waals surface area contributed by atoms with Crippen molar-refractivity contribution < 1.29 is 9.53 Å². The Morgan fingerprint density at radius 2 is 1.88 bits per heavy atom. The maximum Gasteiger partial charge on any atom is 0.344 e. The first-order valence-electron chi connectivity index (χ1n) is 11.5. The van der Waals surface area contributed by atoms with Gasteiger partial charge >= 0.3 is 6.03 Å². The number of ether oxygens (including phenoxy) is 1. The van der Waals surface area contributed by atoms with E-state index in [0.29, 0.717) is 25.3 Å². The number of unbranched alkanes of at least 4 members (excludes halogenated alkanes) is 1. The lowest BCUT2D eigenvalue weighted by molar-refractivity contribution is 0.133. The lowest BCUT2D eigenvalue weighted by Gasteiger charge is -2.34. The fourth-order valence-electron chi connectivity index (χ4n) is 3.92. The molecule has 1 aliphatic heterocycles. The second-order valence-corrected chi connectivity index (χ2v) is 8.22. The van der Waals surface area contributed by atoms with Gasteiger partial charge in [-0.05, 0) is 23.6 Å². The minimum Gasteiger partial charge on any atom is -0.493 e. The van der Waals surface area contributed by atoms with Crippen molar-refractivity contribution in [3.8, 4) is 22.9 Å². The second kappa shape index (κ2) is 10.8. The van der Waals surface area contributed by atoms with Crippen LogP contribution in [0.1, 0.15) is 30.9 Å². The lowest BCUT2D eigenvalue weighted by Crippen LogP contribution is -2.49. The predicted octanol–water partition coefficient (Wildman–Crippen LogP) is 4.39. The van der Waals surface area contributed by atoms with Crippen LogP contribution < -0.4 is 4.74 Å². The van der Waals surface area contributed by atoms with E-state index in [1.165, 1.54) is 22.6 Å². The third-order valence-electron chi connectivity index (χ3n) is 5.87. The minimum atomic E-state index is -0.188. The Morgan fingerprint density at radius 1 is 1.09 bits per heavy atom. The number of hydrogen-bond acceptors (Lipinski definition) is 5. The summed E-state index contributed by atoms with van der Waals surface area (Å²) >= 11 is 0. The molecular formula is C26H29N5O2. The van der Waals surface area contributed by atoms with Gasteiger partial charge < -0.3 is 9.64 Å². The molecule has 0 radical (unpaired) electrons. The molecule has 1 fully saturated rings. The Bertz CT molecular complexity index is 1110. The van der Waals surface area contributed by atoms with Gasteiger partial charge in [0, 0.05) is 38.3 Å². The van der Waals surface area contributed by atoms with E-state index in [1.54, 1.807) is 4.90 Å². The van der Waals surface area contributed by atoms with Crippen LogP contribution in [0, 0.1) is 11.3 Å². The van der Waals surface area contributed by atoms with E-state index in [9.17, 15) is 4.79 Å². The van der Waals surface area contributed by atoms with Crippen molar-refractivity contribution in [3.05, 3.63) is 72.1 Å². The number of carbonyl (C=O) groups is 1. The number of nitriles is 1. The molecule has 0 bridgehead atoms. The van der Waals surface area contributed by atoms with E-state index in [-0.39, 0.29) is 6.03 Å². The van der Waals surface area contributed by atoms with Crippen LogP contribution in [0.2, 0.25) is 0 Å². The first-order valence-corrected chi connectivity index (χ1v) is 11.5. The highest BCUT2D eigenvalue weighted by Crippen LogP contribution is 2.29. The molecule has 0 atom stereocenters. The second-order valence-electron chi connectivity index (χ2n) is 8.22. The quantitative estimate of drug-likeness (QED) is 0.507. The fourth-order valence-corrected chi connectivity index (χ4v) is 3.92. The van der Waals surface area contributed by atoms with Crippen LogP contribution in [0.15, 0.2) is 60.9 Å². The molecule has 2 aromatic carbocycles. The molecule has 1 amide bonds. The zero-order chi connectivity index (χ0) is 23.0. The Labute approximate surface area is 194 Å². The Kier molecular flexibility index (Phi) is 7.38. The number of piperazine rings is 1. The Morgan fingerprint density at radius 3 is 2.58 bits per heavy atom.